The van der Waals surface area contributed by atoms with Crippen molar-refractivity contribution >= 4 is 11.6 Å². The number of hydrazone groups is 1. The number of carbonyl (C=O) groups excluding carboxylic acids is 1. The van der Waals surface area contributed by atoms with Crippen LogP contribution in [0, 0.1) is 0 Å². The van der Waals surface area contributed by atoms with Gasteiger partial charge in [-0.15, -0.1) is 0 Å². The molecule has 1 heterocycles. The fourth-order valence-electron chi connectivity index (χ4n) is 2.94. The van der Waals surface area contributed by atoms with E-state index >= 15 is 0 Å². The standard InChI is InChI=1S/C21H33F3N4O/c1-6-10-19(21(22,23)24)25-28(9-4)16-20(29)27-13-11-26(12-14-27)18(8-3)15-17(5)7-2/h7-8,15H,3,6,9-14,16H2,1-2,4-5H3/b17-7-,18-15+,25-19+. The van der Waals surface area contributed by atoms with Crippen LogP contribution in [0.2, 0.25) is 0 Å². The Hall–Kier alpha value is -2.25. The van der Waals surface area contributed by atoms with Gasteiger partial charge in [0.1, 0.15) is 12.3 Å². The number of alkyl halides is 3. The lowest BCUT2D eigenvalue weighted by atomic mass is 10.2. The van der Waals surface area contributed by atoms with Crippen LogP contribution in [0.25, 0.3) is 0 Å². The highest BCUT2D eigenvalue weighted by atomic mass is 19.4. The van der Waals surface area contributed by atoms with E-state index in [1.165, 1.54) is 5.01 Å². The maximum Gasteiger partial charge on any atom is 0.431 e. The van der Waals surface area contributed by atoms with Gasteiger partial charge in [0.25, 0.3) is 0 Å². The van der Waals surface area contributed by atoms with E-state index in [-0.39, 0.29) is 25.4 Å². The number of allylic oxidation sites excluding steroid dienone is 4. The number of hydrogen-bond acceptors (Lipinski definition) is 4. The lowest BCUT2D eigenvalue weighted by Crippen LogP contribution is -2.50. The lowest BCUT2D eigenvalue weighted by Gasteiger charge is -2.37. The number of likely N-dealkylation sites (N-methyl/N-ethyl adjacent to an activating group) is 1. The molecule has 0 atom stereocenters. The van der Waals surface area contributed by atoms with Gasteiger partial charge in [-0.05, 0) is 39.3 Å². The largest absolute Gasteiger partial charge is 0.431 e. The molecule has 5 nitrogen and oxygen atoms in total. The van der Waals surface area contributed by atoms with E-state index in [1.54, 1.807) is 24.8 Å². The number of hydrogen-bond donors (Lipinski definition) is 0. The van der Waals surface area contributed by atoms with Crippen LogP contribution < -0.4 is 0 Å². The minimum atomic E-state index is -4.48. The molecule has 1 fully saturated rings. The summed E-state index contributed by atoms with van der Waals surface area (Å²) in [5.41, 5.74) is 1.30. The molecule has 0 aliphatic carbocycles. The van der Waals surface area contributed by atoms with Crippen molar-refractivity contribution in [1.82, 2.24) is 14.8 Å². The summed E-state index contributed by atoms with van der Waals surface area (Å²) in [4.78, 5) is 16.4. The van der Waals surface area contributed by atoms with Crippen molar-refractivity contribution < 1.29 is 18.0 Å². The number of amides is 1. The number of nitrogens with zero attached hydrogens (tertiary/aromatic N) is 4. The number of rotatable bonds is 9. The zero-order valence-electron chi connectivity index (χ0n) is 17.9. The third-order valence-electron chi connectivity index (χ3n) is 4.80. The Labute approximate surface area is 172 Å². The lowest BCUT2D eigenvalue weighted by molar-refractivity contribution is -0.134. The van der Waals surface area contributed by atoms with Crippen molar-refractivity contribution in [2.75, 3.05) is 39.3 Å². The molecule has 164 valence electrons. The summed E-state index contributed by atoms with van der Waals surface area (Å²) in [5.74, 6) is -0.206. The number of halogens is 3. The van der Waals surface area contributed by atoms with Crippen LogP contribution in [0.15, 0.2) is 41.2 Å². The molecule has 0 bridgehead atoms. The van der Waals surface area contributed by atoms with E-state index in [1.807, 2.05) is 26.0 Å². The molecule has 0 unspecified atom stereocenters. The predicted molar refractivity (Wildman–Crippen MR) is 112 cm³/mol. The van der Waals surface area contributed by atoms with Crippen molar-refractivity contribution in [3.63, 3.8) is 0 Å². The Morgan fingerprint density at radius 3 is 2.21 bits per heavy atom. The second-order valence-corrected chi connectivity index (χ2v) is 6.95. The molecule has 0 aromatic carbocycles. The van der Waals surface area contributed by atoms with E-state index in [4.69, 9.17) is 0 Å². The molecular formula is C21H33F3N4O. The molecule has 1 rings (SSSR count). The maximum atomic E-state index is 13.1. The molecule has 0 spiro atoms. The van der Waals surface area contributed by atoms with Gasteiger partial charge >= 0.3 is 6.18 Å². The highest BCUT2D eigenvalue weighted by molar-refractivity contribution is 5.89. The highest BCUT2D eigenvalue weighted by Gasteiger charge is 2.35. The molecule has 1 aliphatic rings. The van der Waals surface area contributed by atoms with E-state index in [0.717, 1.165) is 11.3 Å². The third kappa shape index (κ3) is 7.95. The molecule has 1 aliphatic heterocycles. The topological polar surface area (TPSA) is 39.1 Å². The summed E-state index contributed by atoms with van der Waals surface area (Å²) in [5, 5.41) is 4.93. The van der Waals surface area contributed by atoms with Gasteiger partial charge in [-0.3, -0.25) is 9.80 Å². The van der Waals surface area contributed by atoms with Crippen LogP contribution in [0.1, 0.15) is 40.5 Å². The van der Waals surface area contributed by atoms with Gasteiger partial charge in [-0.1, -0.05) is 31.6 Å². The quantitative estimate of drug-likeness (QED) is 0.322. The van der Waals surface area contributed by atoms with E-state index < -0.39 is 11.9 Å². The summed E-state index contributed by atoms with van der Waals surface area (Å²) < 4.78 is 39.3. The van der Waals surface area contributed by atoms with Crippen molar-refractivity contribution in [1.29, 1.82) is 0 Å². The average molecular weight is 415 g/mol. The van der Waals surface area contributed by atoms with Crippen LogP contribution in [0.3, 0.4) is 0 Å². The SMILES string of the molecule is C=C/C(=C\C(C)=C/C)N1CCN(C(=O)CN(CC)/N=C(\CCC)C(F)(F)F)CC1. The Bertz CT molecular complexity index is 645. The van der Waals surface area contributed by atoms with Gasteiger partial charge in [0.15, 0.2) is 0 Å². The molecular weight excluding hydrogens is 381 g/mol. The van der Waals surface area contributed by atoms with E-state index in [2.05, 4.69) is 16.6 Å². The monoisotopic (exact) mass is 414 g/mol. The Balaban J connectivity index is 2.74. The fourth-order valence-corrected chi connectivity index (χ4v) is 2.94. The van der Waals surface area contributed by atoms with Gasteiger partial charge in [0, 0.05) is 38.4 Å². The van der Waals surface area contributed by atoms with Crippen molar-refractivity contribution in [3.05, 3.63) is 36.1 Å². The smallest absolute Gasteiger partial charge is 0.368 e. The predicted octanol–water partition coefficient (Wildman–Crippen LogP) is 4.21. The Kier molecular flexibility index (Phi) is 9.98. The van der Waals surface area contributed by atoms with Crippen molar-refractivity contribution in [2.24, 2.45) is 5.10 Å². The third-order valence-corrected chi connectivity index (χ3v) is 4.80. The molecule has 1 amide bonds. The molecule has 0 N–H and O–H groups in total. The summed E-state index contributed by atoms with van der Waals surface area (Å²) in [6.07, 6.45) is 1.56. The number of carbonyl (C=O) groups is 1. The van der Waals surface area contributed by atoms with Gasteiger partial charge < -0.3 is 9.80 Å². The summed E-state index contributed by atoms with van der Waals surface area (Å²) in [6, 6.07) is 0. The first-order chi connectivity index (χ1) is 13.7. The normalized spacial score (nSPS) is 16.9. The minimum Gasteiger partial charge on any atom is -0.368 e. The van der Waals surface area contributed by atoms with Gasteiger partial charge in [0.05, 0.1) is 0 Å². The van der Waals surface area contributed by atoms with Crippen LogP contribution >= 0.6 is 0 Å². The van der Waals surface area contributed by atoms with Crippen LogP contribution in [0.4, 0.5) is 13.2 Å². The molecule has 0 saturated carbocycles. The summed E-state index contributed by atoms with van der Waals surface area (Å²) >= 11 is 0. The first-order valence-corrected chi connectivity index (χ1v) is 10.1. The second kappa shape index (κ2) is 11.7. The molecule has 8 heteroatoms. The van der Waals surface area contributed by atoms with Crippen molar-refractivity contribution in [2.45, 2.75) is 46.7 Å². The van der Waals surface area contributed by atoms with E-state index in [9.17, 15) is 18.0 Å². The second-order valence-electron chi connectivity index (χ2n) is 6.95. The molecule has 1 saturated heterocycles. The first-order valence-electron chi connectivity index (χ1n) is 10.1. The Morgan fingerprint density at radius 2 is 1.76 bits per heavy atom. The first kappa shape index (κ1) is 24.8. The zero-order chi connectivity index (χ0) is 22.0. The summed E-state index contributed by atoms with van der Waals surface area (Å²) in [6.45, 7) is 13.6. The van der Waals surface area contributed by atoms with Gasteiger partial charge in [-0.25, -0.2) is 0 Å². The molecule has 0 aromatic rings. The van der Waals surface area contributed by atoms with Crippen LogP contribution in [0.5, 0.6) is 0 Å². The van der Waals surface area contributed by atoms with E-state index in [0.29, 0.717) is 32.6 Å². The van der Waals surface area contributed by atoms with Crippen LogP contribution in [-0.4, -0.2) is 71.9 Å². The Morgan fingerprint density at radius 1 is 1.17 bits per heavy atom. The van der Waals surface area contributed by atoms with Gasteiger partial charge in [0.2, 0.25) is 5.91 Å². The van der Waals surface area contributed by atoms with Gasteiger partial charge in [-0.2, -0.15) is 18.3 Å². The maximum absolute atomic E-state index is 13.1. The minimum absolute atomic E-state index is 0.151. The van der Waals surface area contributed by atoms with Crippen LogP contribution in [-0.2, 0) is 4.79 Å². The molecule has 29 heavy (non-hydrogen) atoms. The van der Waals surface area contributed by atoms with Crippen molar-refractivity contribution in [3.8, 4) is 0 Å². The summed E-state index contributed by atoms with van der Waals surface area (Å²) in [7, 11) is 0. The zero-order valence-corrected chi connectivity index (χ0v) is 17.9. The number of piperazine rings is 1. The highest BCUT2D eigenvalue weighted by Crippen LogP contribution is 2.21. The fraction of sp³-hybridized carbons (Fsp3) is 0.619. The average Bonchev–Trinajstić information content (AvgIpc) is 2.69. The molecule has 0 aromatic heterocycles. The molecule has 0 radical (unpaired) electrons.